The van der Waals surface area contributed by atoms with E-state index < -0.39 is 16.2 Å². The lowest BCUT2D eigenvalue weighted by molar-refractivity contribution is 0.111. The van der Waals surface area contributed by atoms with E-state index >= 15 is 0 Å². The molecule has 0 aromatic heterocycles. The standard InChI is InChI=1S/C16H18O4S.C9H10O/c1-13-7-9-16(10-8-13)21(18,19)20-12-15(17)11-14-5-3-2-4-6-14;1-2-4-8(5-3-1)6-9-7-10-9/h2-10,15,17H,11-12H2,1H3;1-5,9H,6-7H2/t15-;9-/m00/s1. The largest absolute Gasteiger partial charge is 0.390 e. The van der Waals surface area contributed by atoms with Crippen LogP contribution in [0, 0.1) is 6.92 Å². The summed E-state index contributed by atoms with van der Waals surface area (Å²) < 4.78 is 34.0. The van der Waals surface area contributed by atoms with Gasteiger partial charge in [-0.05, 0) is 30.2 Å². The van der Waals surface area contributed by atoms with Crippen molar-refractivity contribution in [3.05, 3.63) is 102 Å². The van der Waals surface area contributed by atoms with Crippen molar-refractivity contribution < 1.29 is 22.4 Å². The molecule has 0 spiro atoms. The average Bonchev–Trinajstić information content (AvgIpc) is 3.59. The van der Waals surface area contributed by atoms with Crippen molar-refractivity contribution in [3.8, 4) is 0 Å². The third kappa shape index (κ3) is 8.26. The Balaban J connectivity index is 0.000000225. The summed E-state index contributed by atoms with van der Waals surface area (Å²) in [6.07, 6.45) is 1.08. The Morgan fingerprint density at radius 3 is 2.03 bits per heavy atom. The summed E-state index contributed by atoms with van der Waals surface area (Å²) in [6, 6.07) is 26.2. The number of aryl methyl sites for hydroxylation is 1. The lowest BCUT2D eigenvalue weighted by atomic mass is 10.1. The van der Waals surface area contributed by atoms with Crippen molar-refractivity contribution >= 4 is 10.1 Å². The van der Waals surface area contributed by atoms with Crippen LogP contribution < -0.4 is 0 Å². The minimum Gasteiger partial charge on any atom is -0.390 e. The lowest BCUT2D eigenvalue weighted by Crippen LogP contribution is -2.21. The van der Waals surface area contributed by atoms with Gasteiger partial charge in [-0.25, -0.2) is 0 Å². The number of aliphatic hydroxyl groups is 1. The fourth-order valence-corrected chi connectivity index (χ4v) is 3.89. The zero-order valence-corrected chi connectivity index (χ0v) is 18.4. The Bertz CT molecular complexity index is 1010. The molecule has 1 aliphatic rings. The van der Waals surface area contributed by atoms with Gasteiger partial charge in [0.1, 0.15) is 0 Å². The maximum Gasteiger partial charge on any atom is 0.297 e. The molecule has 1 heterocycles. The summed E-state index contributed by atoms with van der Waals surface area (Å²) in [4.78, 5) is 0.0972. The molecule has 5 nitrogen and oxygen atoms in total. The first-order valence-electron chi connectivity index (χ1n) is 10.3. The number of hydrogen-bond donors (Lipinski definition) is 1. The van der Waals surface area contributed by atoms with Gasteiger partial charge < -0.3 is 9.84 Å². The van der Waals surface area contributed by atoms with Crippen molar-refractivity contribution in [2.75, 3.05) is 13.2 Å². The SMILES string of the molecule is Cc1ccc(S(=O)(=O)OC[C@@H](O)Cc2ccccc2)cc1.c1ccc(C[C@H]2CO2)cc1. The number of aliphatic hydroxyl groups excluding tert-OH is 1. The summed E-state index contributed by atoms with van der Waals surface area (Å²) in [7, 11) is -3.82. The van der Waals surface area contributed by atoms with Crippen LogP contribution in [0.25, 0.3) is 0 Å². The van der Waals surface area contributed by atoms with Gasteiger partial charge in [-0.3, -0.25) is 4.18 Å². The first-order valence-corrected chi connectivity index (χ1v) is 11.7. The molecule has 164 valence electrons. The maximum absolute atomic E-state index is 12.0. The second-order valence-corrected chi connectivity index (χ2v) is 9.16. The number of ether oxygens (including phenoxy) is 1. The van der Waals surface area contributed by atoms with E-state index in [4.69, 9.17) is 8.92 Å². The highest BCUT2D eigenvalue weighted by molar-refractivity contribution is 7.86. The van der Waals surface area contributed by atoms with Crippen LogP contribution in [-0.2, 0) is 31.9 Å². The molecule has 0 bridgehead atoms. The fourth-order valence-electron chi connectivity index (χ4n) is 2.95. The number of epoxide rings is 1. The van der Waals surface area contributed by atoms with Crippen molar-refractivity contribution in [1.29, 1.82) is 0 Å². The number of benzene rings is 3. The molecule has 0 unspecified atom stereocenters. The van der Waals surface area contributed by atoms with E-state index in [1.165, 1.54) is 17.7 Å². The van der Waals surface area contributed by atoms with Gasteiger partial charge in [-0.1, -0.05) is 78.4 Å². The molecule has 6 heteroatoms. The second-order valence-electron chi connectivity index (χ2n) is 7.54. The van der Waals surface area contributed by atoms with Gasteiger partial charge >= 0.3 is 0 Å². The number of hydrogen-bond acceptors (Lipinski definition) is 5. The van der Waals surface area contributed by atoms with Gasteiger partial charge in [-0.15, -0.1) is 0 Å². The number of rotatable bonds is 8. The summed E-state index contributed by atoms with van der Waals surface area (Å²) in [5.74, 6) is 0. The zero-order valence-electron chi connectivity index (χ0n) is 17.6. The Morgan fingerprint density at radius 2 is 1.48 bits per heavy atom. The van der Waals surface area contributed by atoms with E-state index in [-0.39, 0.29) is 11.5 Å². The molecule has 0 saturated carbocycles. The summed E-state index contributed by atoms with van der Waals surface area (Å²) in [6.45, 7) is 2.57. The Morgan fingerprint density at radius 1 is 0.935 bits per heavy atom. The van der Waals surface area contributed by atoms with Crippen molar-refractivity contribution in [1.82, 2.24) is 0 Å². The minimum absolute atomic E-state index is 0.0972. The fraction of sp³-hybridized carbons (Fsp3) is 0.280. The van der Waals surface area contributed by atoms with Gasteiger partial charge in [0, 0.05) is 12.8 Å². The molecule has 31 heavy (non-hydrogen) atoms. The van der Waals surface area contributed by atoms with Crippen LogP contribution in [0.5, 0.6) is 0 Å². The molecule has 1 fully saturated rings. The van der Waals surface area contributed by atoms with Crippen LogP contribution in [-0.4, -0.2) is 38.9 Å². The van der Waals surface area contributed by atoms with Gasteiger partial charge in [0.25, 0.3) is 10.1 Å². The molecular weight excluding hydrogens is 412 g/mol. The molecule has 4 rings (SSSR count). The van der Waals surface area contributed by atoms with Gasteiger partial charge in [0.15, 0.2) is 0 Å². The summed E-state index contributed by atoms with van der Waals surface area (Å²) in [5, 5.41) is 9.87. The topological polar surface area (TPSA) is 76.1 Å². The van der Waals surface area contributed by atoms with Crippen molar-refractivity contribution in [2.24, 2.45) is 0 Å². The molecule has 1 saturated heterocycles. The van der Waals surface area contributed by atoms with E-state index in [0.717, 1.165) is 24.2 Å². The average molecular weight is 441 g/mol. The summed E-state index contributed by atoms with van der Waals surface area (Å²) in [5.41, 5.74) is 3.28. The monoisotopic (exact) mass is 440 g/mol. The molecule has 1 aliphatic heterocycles. The third-order valence-electron chi connectivity index (χ3n) is 4.75. The predicted octanol–water partition coefficient (Wildman–Crippen LogP) is 3.93. The molecule has 0 radical (unpaired) electrons. The quantitative estimate of drug-likeness (QED) is 0.424. The first kappa shape index (κ1) is 23.2. The van der Waals surface area contributed by atoms with Crippen LogP contribution in [0.2, 0.25) is 0 Å². The van der Waals surface area contributed by atoms with Crippen molar-refractivity contribution in [2.45, 2.75) is 36.9 Å². The van der Waals surface area contributed by atoms with E-state index in [2.05, 4.69) is 24.3 Å². The molecular formula is C25H28O5S. The highest BCUT2D eigenvalue weighted by Gasteiger charge is 2.22. The molecule has 3 aromatic rings. The van der Waals surface area contributed by atoms with E-state index in [1.54, 1.807) is 12.1 Å². The van der Waals surface area contributed by atoms with Crippen LogP contribution in [0.3, 0.4) is 0 Å². The van der Waals surface area contributed by atoms with Gasteiger partial charge in [0.2, 0.25) is 0 Å². The lowest BCUT2D eigenvalue weighted by Gasteiger charge is -2.11. The predicted molar refractivity (Wildman–Crippen MR) is 120 cm³/mol. The van der Waals surface area contributed by atoms with Gasteiger partial charge in [0.05, 0.1) is 30.3 Å². The highest BCUT2D eigenvalue weighted by atomic mass is 32.2. The zero-order chi connectivity index (χ0) is 22.1. The first-order chi connectivity index (χ1) is 14.9. The van der Waals surface area contributed by atoms with Gasteiger partial charge in [-0.2, -0.15) is 8.42 Å². The van der Waals surface area contributed by atoms with Crippen molar-refractivity contribution in [3.63, 3.8) is 0 Å². The van der Waals surface area contributed by atoms with Crippen LogP contribution >= 0.6 is 0 Å². The smallest absolute Gasteiger partial charge is 0.297 e. The van der Waals surface area contributed by atoms with E-state index in [0.29, 0.717) is 12.5 Å². The Kier molecular flexibility index (Phi) is 8.37. The molecule has 2 atom stereocenters. The molecule has 1 N–H and O–H groups in total. The Hall–Kier alpha value is -2.51. The third-order valence-corrected chi connectivity index (χ3v) is 6.04. The van der Waals surface area contributed by atoms with E-state index in [9.17, 15) is 13.5 Å². The molecule has 3 aromatic carbocycles. The van der Waals surface area contributed by atoms with Crippen LogP contribution in [0.1, 0.15) is 16.7 Å². The summed E-state index contributed by atoms with van der Waals surface area (Å²) >= 11 is 0. The minimum atomic E-state index is -3.82. The maximum atomic E-state index is 12.0. The van der Waals surface area contributed by atoms with Crippen LogP contribution in [0.4, 0.5) is 0 Å². The highest BCUT2D eigenvalue weighted by Crippen LogP contribution is 2.15. The van der Waals surface area contributed by atoms with E-state index in [1.807, 2.05) is 43.3 Å². The molecule has 0 amide bonds. The normalized spacial score (nSPS) is 16.1. The van der Waals surface area contributed by atoms with Crippen LogP contribution in [0.15, 0.2) is 89.8 Å². The molecule has 0 aliphatic carbocycles. The Labute approximate surface area is 184 Å². The second kappa shape index (κ2) is 11.2.